The van der Waals surface area contributed by atoms with Gasteiger partial charge in [0.15, 0.2) is 0 Å². The number of likely N-dealkylation sites (tertiary alicyclic amines) is 1. The van der Waals surface area contributed by atoms with Crippen LogP contribution in [0, 0.1) is 0 Å². The number of piperidine rings is 1. The molecule has 1 aliphatic rings. The molecule has 17 heavy (non-hydrogen) atoms. The van der Waals surface area contributed by atoms with Gasteiger partial charge in [-0.25, -0.2) is 0 Å². The fourth-order valence-corrected chi connectivity index (χ4v) is 2.54. The minimum absolute atomic E-state index is 0.807. The van der Waals surface area contributed by atoms with Crippen LogP contribution in [0.2, 0.25) is 0 Å². The summed E-state index contributed by atoms with van der Waals surface area (Å²) in [5.74, 6) is 0. The van der Waals surface area contributed by atoms with Crippen molar-refractivity contribution in [1.82, 2.24) is 9.47 Å². The fourth-order valence-electron chi connectivity index (χ4n) is 2.54. The van der Waals surface area contributed by atoms with E-state index in [4.69, 9.17) is 5.73 Å². The van der Waals surface area contributed by atoms with E-state index >= 15 is 0 Å². The molecular formula is C14H25N3. The molecule has 0 aliphatic carbocycles. The predicted molar refractivity (Wildman–Crippen MR) is 71.8 cm³/mol. The number of nitrogens with two attached hydrogens (primary N) is 1. The number of rotatable bonds is 6. The first-order valence-electron chi connectivity index (χ1n) is 6.95. The van der Waals surface area contributed by atoms with Gasteiger partial charge in [-0.05, 0) is 56.9 Å². The second kappa shape index (κ2) is 6.82. The molecule has 0 radical (unpaired) electrons. The van der Waals surface area contributed by atoms with Gasteiger partial charge in [0, 0.05) is 25.5 Å². The number of hydrogen-bond donors (Lipinski definition) is 1. The van der Waals surface area contributed by atoms with Gasteiger partial charge < -0.3 is 10.3 Å². The van der Waals surface area contributed by atoms with Crippen molar-refractivity contribution < 1.29 is 0 Å². The first-order valence-corrected chi connectivity index (χ1v) is 6.95. The Kier molecular flexibility index (Phi) is 5.08. The maximum absolute atomic E-state index is 5.51. The standard InChI is InChI=1S/C14H25N3/c15-7-2-5-10-17-11-6-14(13-17)12-16-8-3-1-4-9-16/h6,11,13H,1-5,7-10,12,15H2. The Morgan fingerprint density at radius 2 is 1.94 bits per heavy atom. The molecule has 2 N–H and O–H groups in total. The van der Waals surface area contributed by atoms with E-state index in [0.29, 0.717) is 0 Å². The van der Waals surface area contributed by atoms with Gasteiger partial charge in [0.25, 0.3) is 0 Å². The Balaban J connectivity index is 1.76. The van der Waals surface area contributed by atoms with Gasteiger partial charge >= 0.3 is 0 Å². The predicted octanol–water partition coefficient (Wildman–Crippen LogP) is 2.21. The highest BCUT2D eigenvalue weighted by molar-refractivity contribution is 5.10. The molecule has 0 amide bonds. The first-order chi connectivity index (χ1) is 8.38. The van der Waals surface area contributed by atoms with Crippen molar-refractivity contribution in [3.05, 3.63) is 24.0 Å². The van der Waals surface area contributed by atoms with E-state index in [0.717, 1.165) is 26.1 Å². The van der Waals surface area contributed by atoms with Crippen molar-refractivity contribution in [2.24, 2.45) is 5.73 Å². The average Bonchev–Trinajstić information content (AvgIpc) is 2.79. The van der Waals surface area contributed by atoms with Crippen LogP contribution in [0.15, 0.2) is 18.5 Å². The molecule has 0 unspecified atom stereocenters. The maximum Gasteiger partial charge on any atom is 0.0248 e. The number of aromatic nitrogens is 1. The zero-order chi connectivity index (χ0) is 11.9. The summed E-state index contributed by atoms with van der Waals surface area (Å²) in [6.07, 6.45) is 11.0. The van der Waals surface area contributed by atoms with Crippen LogP contribution >= 0.6 is 0 Å². The number of aryl methyl sites for hydroxylation is 1. The second-order valence-corrected chi connectivity index (χ2v) is 5.09. The third-order valence-electron chi connectivity index (χ3n) is 3.54. The molecule has 0 atom stereocenters. The Morgan fingerprint density at radius 1 is 1.12 bits per heavy atom. The maximum atomic E-state index is 5.51. The zero-order valence-electron chi connectivity index (χ0n) is 10.8. The van der Waals surface area contributed by atoms with E-state index in [1.165, 1.54) is 44.3 Å². The smallest absolute Gasteiger partial charge is 0.0248 e. The van der Waals surface area contributed by atoms with Crippen LogP contribution in [0.25, 0.3) is 0 Å². The molecule has 3 heteroatoms. The van der Waals surface area contributed by atoms with Gasteiger partial charge in [0.2, 0.25) is 0 Å². The van der Waals surface area contributed by atoms with Crippen molar-refractivity contribution >= 4 is 0 Å². The molecular weight excluding hydrogens is 210 g/mol. The summed E-state index contributed by atoms with van der Waals surface area (Å²) in [4.78, 5) is 2.57. The molecule has 1 aliphatic heterocycles. The minimum atomic E-state index is 0.807. The second-order valence-electron chi connectivity index (χ2n) is 5.09. The Bertz CT molecular complexity index is 313. The molecule has 0 bridgehead atoms. The van der Waals surface area contributed by atoms with E-state index < -0.39 is 0 Å². The van der Waals surface area contributed by atoms with Gasteiger partial charge in [-0.15, -0.1) is 0 Å². The van der Waals surface area contributed by atoms with Crippen LogP contribution in [0.3, 0.4) is 0 Å². The summed E-state index contributed by atoms with van der Waals surface area (Å²) < 4.78 is 2.30. The van der Waals surface area contributed by atoms with Crippen molar-refractivity contribution in [2.75, 3.05) is 19.6 Å². The molecule has 2 heterocycles. The third kappa shape index (κ3) is 4.17. The quantitative estimate of drug-likeness (QED) is 0.767. The van der Waals surface area contributed by atoms with Crippen molar-refractivity contribution in [3.63, 3.8) is 0 Å². The van der Waals surface area contributed by atoms with Gasteiger partial charge in [0.1, 0.15) is 0 Å². The Morgan fingerprint density at radius 3 is 2.71 bits per heavy atom. The van der Waals surface area contributed by atoms with Crippen LogP contribution in [0.4, 0.5) is 0 Å². The monoisotopic (exact) mass is 235 g/mol. The molecule has 96 valence electrons. The number of unbranched alkanes of at least 4 members (excludes halogenated alkanes) is 1. The topological polar surface area (TPSA) is 34.2 Å². The highest BCUT2D eigenvalue weighted by Crippen LogP contribution is 2.13. The lowest BCUT2D eigenvalue weighted by atomic mass is 10.1. The normalized spacial score (nSPS) is 17.5. The molecule has 2 rings (SSSR count). The summed E-state index contributed by atoms with van der Waals surface area (Å²) in [5.41, 5.74) is 6.96. The van der Waals surface area contributed by atoms with Gasteiger partial charge in [0.05, 0.1) is 0 Å². The van der Waals surface area contributed by atoms with E-state index in [-0.39, 0.29) is 0 Å². The summed E-state index contributed by atoms with van der Waals surface area (Å²) in [6.45, 7) is 5.60. The summed E-state index contributed by atoms with van der Waals surface area (Å²) in [5, 5.41) is 0. The number of nitrogens with zero attached hydrogens (tertiary/aromatic N) is 2. The molecule has 0 aromatic carbocycles. The van der Waals surface area contributed by atoms with E-state index in [2.05, 4.69) is 27.9 Å². The lowest BCUT2D eigenvalue weighted by Crippen LogP contribution is -2.28. The van der Waals surface area contributed by atoms with Crippen LogP contribution in [0.1, 0.15) is 37.7 Å². The molecule has 1 saturated heterocycles. The first kappa shape index (κ1) is 12.7. The lowest BCUT2D eigenvalue weighted by Gasteiger charge is -2.25. The van der Waals surface area contributed by atoms with Crippen molar-refractivity contribution in [3.8, 4) is 0 Å². The van der Waals surface area contributed by atoms with Crippen LogP contribution in [-0.4, -0.2) is 29.1 Å². The Hall–Kier alpha value is -0.800. The molecule has 3 nitrogen and oxygen atoms in total. The van der Waals surface area contributed by atoms with Crippen LogP contribution in [0.5, 0.6) is 0 Å². The third-order valence-corrected chi connectivity index (χ3v) is 3.54. The fraction of sp³-hybridized carbons (Fsp3) is 0.714. The largest absolute Gasteiger partial charge is 0.354 e. The molecule has 0 saturated carbocycles. The Labute approximate surface area is 105 Å². The summed E-state index contributed by atoms with van der Waals surface area (Å²) in [7, 11) is 0. The van der Waals surface area contributed by atoms with Crippen LogP contribution < -0.4 is 5.73 Å². The van der Waals surface area contributed by atoms with E-state index in [1.54, 1.807) is 0 Å². The SMILES string of the molecule is NCCCCn1ccc(CN2CCCCC2)c1. The molecule has 1 fully saturated rings. The van der Waals surface area contributed by atoms with E-state index in [1.807, 2.05) is 0 Å². The lowest BCUT2D eigenvalue weighted by molar-refractivity contribution is 0.221. The zero-order valence-corrected chi connectivity index (χ0v) is 10.8. The van der Waals surface area contributed by atoms with Gasteiger partial charge in [-0.1, -0.05) is 6.42 Å². The summed E-state index contributed by atoms with van der Waals surface area (Å²) >= 11 is 0. The minimum Gasteiger partial charge on any atom is -0.354 e. The molecule has 0 spiro atoms. The van der Waals surface area contributed by atoms with Crippen molar-refractivity contribution in [2.45, 2.75) is 45.2 Å². The molecule has 1 aromatic heterocycles. The van der Waals surface area contributed by atoms with E-state index in [9.17, 15) is 0 Å². The average molecular weight is 235 g/mol. The van der Waals surface area contributed by atoms with Crippen LogP contribution in [-0.2, 0) is 13.1 Å². The number of hydrogen-bond acceptors (Lipinski definition) is 2. The van der Waals surface area contributed by atoms with Crippen molar-refractivity contribution in [1.29, 1.82) is 0 Å². The summed E-state index contributed by atoms with van der Waals surface area (Å²) in [6, 6.07) is 2.26. The highest BCUT2D eigenvalue weighted by atomic mass is 15.1. The molecule has 1 aromatic rings. The van der Waals surface area contributed by atoms with Gasteiger partial charge in [-0.3, -0.25) is 4.90 Å². The van der Waals surface area contributed by atoms with Gasteiger partial charge in [-0.2, -0.15) is 0 Å². The highest BCUT2D eigenvalue weighted by Gasteiger charge is 2.10.